The predicted molar refractivity (Wildman–Crippen MR) is 115 cm³/mol. The molecule has 0 aliphatic carbocycles. The highest BCUT2D eigenvalue weighted by atomic mass is 127. The Morgan fingerprint density at radius 2 is 1.55 bits per heavy atom. The van der Waals surface area contributed by atoms with E-state index in [1.165, 1.54) is 27.3 Å². The lowest BCUT2D eigenvalue weighted by molar-refractivity contribution is -0.134. The molecular formula is C21H19IN2O5. The van der Waals surface area contributed by atoms with Crippen molar-refractivity contribution in [2.75, 3.05) is 21.2 Å². The number of carbonyl (C=O) groups is 3. The number of amides is 4. The van der Waals surface area contributed by atoms with Crippen LogP contribution in [0.4, 0.5) is 4.79 Å². The Kier molecular flexibility index (Phi) is 6.21. The summed E-state index contributed by atoms with van der Waals surface area (Å²) in [7, 11) is 4.19. The van der Waals surface area contributed by atoms with Crippen molar-refractivity contribution in [2.24, 2.45) is 0 Å². The number of carbonyl (C=O) groups excluding carboxylic acids is 3. The van der Waals surface area contributed by atoms with E-state index in [1.54, 1.807) is 18.2 Å². The Balaban J connectivity index is 1.83. The van der Waals surface area contributed by atoms with Crippen LogP contribution in [0.25, 0.3) is 6.08 Å². The number of rotatable bonds is 5. The van der Waals surface area contributed by atoms with E-state index in [9.17, 15) is 14.4 Å². The standard InChI is InChI=1S/C21H19IN2O5/c1-23-19(25)16(20(26)24(2)21(23)27)10-14-6-9-17(18(11-14)28-3)29-12-13-4-7-15(22)8-5-13/h4-11H,12H2,1-3H3. The lowest BCUT2D eigenvalue weighted by Crippen LogP contribution is -2.52. The highest BCUT2D eigenvalue weighted by Gasteiger charge is 2.37. The molecule has 0 bridgehead atoms. The number of hydrogen-bond acceptors (Lipinski definition) is 5. The number of hydrogen-bond donors (Lipinski definition) is 0. The molecule has 2 aromatic carbocycles. The van der Waals surface area contributed by atoms with Crippen LogP contribution in [0.2, 0.25) is 0 Å². The van der Waals surface area contributed by atoms with E-state index in [-0.39, 0.29) is 5.57 Å². The maximum Gasteiger partial charge on any atom is 0.333 e. The first kappa shape index (κ1) is 20.8. The van der Waals surface area contributed by atoms with Crippen LogP contribution in [-0.4, -0.2) is 48.9 Å². The summed E-state index contributed by atoms with van der Waals surface area (Å²) in [5.41, 5.74) is 1.51. The van der Waals surface area contributed by atoms with Gasteiger partial charge in [-0.15, -0.1) is 0 Å². The van der Waals surface area contributed by atoms with Gasteiger partial charge in [0.05, 0.1) is 7.11 Å². The molecule has 7 nitrogen and oxygen atoms in total. The molecule has 150 valence electrons. The van der Waals surface area contributed by atoms with Gasteiger partial charge in [0, 0.05) is 17.7 Å². The normalized spacial score (nSPS) is 14.3. The third-order valence-electron chi connectivity index (χ3n) is 4.45. The molecule has 0 atom stereocenters. The lowest BCUT2D eigenvalue weighted by atomic mass is 10.1. The molecule has 3 rings (SSSR count). The van der Waals surface area contributed by atoms with E-state index in [4.69, 9.17) is 9.47 Å². The molecule has 1 aliphatic heterocycles. The predicted octanol–water partition coefficient (Wildman–Crippen LogP) is 3.31. The second-order valence-corrected chi connectivity index (χ2v) is 7.64. The van der Waals surface area contributed by atoms with Gasteiger partial charge in [-0.25, -0.2) is 4.79 Å². The first-order chi connectivity index (χ1) is 13.8. The zero-order valence-corrected chi connectivity index (χ0v) is 18.3. The second-order valence-electron chi connectivity index (χ2n) is 6.39. The zero-order valence-electron chi connectivity index (χ0n) is 16.1. The van der Waals surface area contributed by atoms with E-state index in [0.29, 0.717) is 23.7 Å². The quantitative estimate of drug-likeness (QED) is 0.354. The van der Waals surface area contributed by atoms with Crippen LogP contribution < -0.4 is 9.47 Å². The van der Waals surface area contributed by atoms with Gasteiger partial charge < -0.3 is 9.47 Å². The van der Waals surface area contributed by atoms with Gasteiger partial charge in [0.2, 0.25) is 0 Å². The number of nitrogens with zero attached hydrogens (tertiary/aromatic N) is 2. The van der Waals surface area contributed by atoms with Crippen molar-refractivity contribution in [1.29, 1.82) is 0 Å². The SMILES string of the molecule is COc1cc(C=C2C(=O)N(C)C(=O)N(C)C2=O)ccc1OCc1ccc(I)cc1. The van der Waals surface area contributed by atoms with Crippen LogP contribution in [0.1, 0.15) is 11.1 Å². The fourth-order valence-corrected chi connectivity index (χ4v) is 3.14. The first-order valence-electron chi connectivity index (χ1n) is 8.69. The molecule has 4 amide bonds. The highest BCUT2D eigenvalue weighted by Crippen LogP contribution is 2.30. The minimum absolute atomic E-state index is 0.0933. The second kappa shape index (κ2) is 8.64. The smallest absolute Gasteiger partial charge is 0.333 e. The van der Waals surface area contributed by atoms with Gasteiger partial charge in [0.1, 0.15) is 12.2 Å². The number of methoxy groups -OCH3 is 1. The molecule has 0 spiro atoms. The maximum absolute atomic E-state index is 12.3. The van der Waals surface area contributed by atoms with Crippen molar-refractivity contribution in [3.05, 3.63) is 62.7 Å². The fourth-order valence-electron chi connectivity index (χ4n) is 2.78. The summed E-state index contributed by atoms with van der Waals surface area (Å²) in [6, 6.07) is 12.4. The summed E-state index contributed by atoms with van der Waals surface area (Å²) < 4.78 is 12.4. The molecule has 0 aromatic heterocycles. The van der Waals surface area contributed by atoms with Crippen LogP contribution in [0.5, 0.6) is 11.5 Å². The average Bonchev–Trinajstić information content (AvgIpc) is 2.74. The van der Waals surface area contributed by atoms with Gasteiger partial charge in [0.15, 0.2) is 11.5 Å². The number of ether oxygens (including phenoxy) is 2. The van der Waals surface area contributed by atoms with Gasteiger partial charge in [-0.05, 0) is 64.1 Å². The van der Waals surface area contributed by atoms with Crippen LogP contribution >= 0.6 is 22.6 Å². The molecule has 29 heavy (non-hydrogen) atoms. The van der Waals surface area contributed by atoms with Gasteiger partial charge in [-0.3, -0.25) is 19.4 Å². The van der Waals surface area contributed by atoms with E-state index < -0.39 is 17.8 Å². The van der Waals surface area contributed by atoms with Crippen molar-refractivity contribution in [3.8, 4) is 11.5 Å². The van der Waals surface area contributed by atoms with Gasteiger partial charge in [0.25, 0.3) is 11.8 Å². The first-order valence-corrected chi connectivity index (χ1v) is 9.76. The van der Waals surface area contributed by atoms with Crippen LogP contribution in [-0.2, 0) is 16.2 Å². The Morgan fingerprint density at radius 1 is 0.931 bits per heavy atom. The van der Waals surface area contributed by atoms with Crippen molar-refractivity contribution in [1.82, 2.24) is 9.80 Å². The number of urea groups is 1. The Bertz CT molecular complexity index is 975. The molecule has 0 saturated carbocycles. The summed E-state index contributed by atoms with van der Waals surface area (Å²) in [4.78, 5) is 38.3. The van der Waals surface area contributed by atoms with Crippen molar-refractivity contribution < 1.29 is 23.9 Å². The number of barbiturate groups is 1. The molecule has 2 aromatic rings. The van der Waals surface area contributed by atoms with Gasteiger partial charge in [-0.2, -0.15) is 0 Å². The minimum atomic E-state index is -0.658. The van der Waals surface area contributed by atoms with Gasteiger partial charge >= 0.3 is 6.03 Å². The topological polar surface area (TPSA) is 76.2 Å². The van der Waals surface area contributed by atoms with Crippen molar-refractivity contribution in [2.45, 2.75) is 6.61 Å². The number of halogens is 1. The molecular weight excluding hydrogens is 487 g/mol. The average molecular weight is 506 g/mol. The van der Waals surface area contributed by atoms with Gasteiger partial charge in [-0.1, -0.05) is 18.2 Å². The molecule has 0 unspecified atom stereocenters. The monoisotopic (exact) mass is 506 g/mol. The Morgan fingerprint density at radius 3 is 2.14 bits per heavy atom. The number of imide groups is 2. The summed E-state index contributed by atoms with van der Waals surface area (Å²) in [5.74, 6) is -0.274. The van der Waals surface area contributed by atoms with E-state index in [0.717, 1.165) is 18.9 Å². The largest absolute Gasteiger partial charge is 0.493 e. The van der Waals surface area contributed by atoms with Crippen molar-refractivity contribution in [3.63, 3.8) is 0 Å². The molecule has 0 N–H and O–H groups in total. The fraction of sp³-hybridized carbons (Fsp3) is 0.190. The lowest BCUT2D eigenvalue weighted by Gasteiger charge is -2.28. The summed E-state index contributed by atoms with van der Waals surface area (Å²) >= 11 is 2.24. The molecule has 8 heteroatoms. The Hall–Kier alpha value is -2.88. The van der Waals surface area contributed by atoms with Crippen LogP contribution in [0.3, 0.4) is 0 Å². The molecule has 1 heterocycles. The number of benzene rings is 2. The Labute approximate surface area is 182 Å². The molecule has 1 fully saturated rings. The maximum atomic E-state index is 12.3. The molecule has 0 radical (unpaired) electrons. The minimum Gasteiger partial charge on any atom is -0.493 e. The van der Waals surface area contributed by atoms with Crippen LogP contribution in [0.15, 0.2) is 48.0 Å². The van der Waals surface area contributed by atoms with E-state index in [2.05, 4.69) is 22.6 Å². The molecule has 1 aliphatic rings. The summed E-state index contributed by atoms with van der Waals surface area (Å²) in [6.45, 7) is 0.377. The van der Waals surface area contributed by atoms with E-state index >= 15 is 0 Å². The highest BCUT2D eigenvalue weighted by molar-refractivity contribution is 14.1. The zero-order chi connectivity index (χ0) is 21.1. The third kappa shape index (κ3) is 4.42. The summed E-state index contributed by atoms with van der Waals surface area (Å²) in [6.07, 6.45) is 1.44. The van der Waals surface area contributed by atoms with E-state index in [1.807, 2.05) is 24.3 Å². The third-order valence-corrected chi connectivity index (χ3v) is 5.17. The number of likely N-dealkylation sites (N-methyl/N-ethyl adjacent to an activating group) is 2. The molecule has 1 saturated heterocycles. The van der Waals surface area contributed by atoms with Crippen LogP contribution in [0, 0.1) is 3.57 Å². The van der Waals surface area contributed by atoms with Crippen molar-refractivity contribution >= 4 is 46.5 Å². The summed E-state index contributed by atoms with van der Waals surface area (Å²) in [5, 5.41) is 0.